The van der Waals surface area contributed by atoms with Gasteiger partial charge in [0.15, 0.2) is 0 Å². The molecule has 0 unspecified atom stereocenters. The second-order valence-corrected chi connectivity index (χ2v) is 10.7. The summed E-state index contributed by atoms with van der Waals surface area (Å²) >= 11 is 2.94. The van der Waals surface area contributed by atoms with Gasteiger partial charge in [0, 0.05) is 46.0 Å². The second-order valence-electron chi connectivity index (χ2n) is 10.7. The number of nitrogens with one attached hydrogen (secondary N) is 2. The summed E-state index contributed by atoms with van der Waals surface area (Å²) in [6.07, 6.45) is 4.20. The molecule has 231 valence electrons. The van der Waals surface area contributed by atoms with Crippen molar-refractivity contribution in [2.24, 2.45) is 0 Å². The molecule has 0 amide bonds. The molecule has 3 aromatic rings. The van der Waals surface area contributed by atoms with Crippen LogP contribution in [0.5, 0.6) is 0 Å². The number of carboxylic acids is 2. The van der Waals surface area contributed by atoms with E-state index in [0.717, 1.165) is 78.0 Å². The molecule has 2 aliphatic heterocycles. The predicted octanol–water partition coefficient (Wildman–Crippen LogP) is 7.69. The van der Waals surface area contributed by atoms with Crippen molar-refractivity contribution in [1.29, 1.82) is 0 Å². The minimum absolute atomic E-state index is 0.0367. The quantitative estimate of drug-likeness (QED) is 0.184. The van der Waals surface area contributed by atoms with Crippen LogP contribution >= 0.6 is 0 Å². The fourth-order valence-corrected chi connectivity index (χ4v) is 5.77. The zero-order valence-corrected chi connectivity index (χ0v) is 26.0. The van der Waals surface area contributed by atoms with Crippen molar-refractivity contribution in [1.82, 2.24) is 19.9 Å². The Morgan fingerprint density at radius 1 is 0.682 bits per heavy atom. The third-order valence-electron chi connectivity index (χ3n) is 8.22. The Labute approximate surface area is 263 Å². The first-order valence-electron chi connectivity index (χ1n) is 14.0. The average Bonchev–Trinajstić information content (AvgIpc) is 3.64. The van der Waals surface area contributed by atoms with Gasteiger partial charge in [-0.3, -0.25) is 9.59 Å². The normalized spacial score (nSPS) is 12.6. The summed E-state index contributed by atoms with van der Waals surface area (Å²) in [5.41, 5.74) is 13.7. The van der Waals surface area contributed by atoms with E-state index in [1.807, 2.05) is 58.0 Å². The maximum absolute atomic E-state index is 11.5. The molecule has 10 heteroatoms. The first-order chi connectivity index (χ1) is 21.0. The number of nitrogens with zero attached hydrogens (tertiary/aromatic N) is 2. The Kier molecular flexibility index (Phi) is 9.77. The van der Waals surface area contributed by atoms with Gasteiger partial charge in [-0.2, -0.15) is 0 Å². The molecule has 5 rings (SSSR count). The molecule has 0 fully saturated rings. The van der Waals surface area contributed by atoms with Crippen LogP contribution < -0.4 is 0 Å². The van der Waals surface area contributed by atoms with Gasteiger partial charge in [-0.15, -0.1) is 0 Å². The molecule has 0 saturated carbocycles. The number of allylic oxidation sites excluding steroid dienone is 4. The number of hydrogen-bond acceptors (Lipinski definition) is 5. The van der Waals surface area contributed by atoms with E-state index in [9.17, 15) is 19.8 Å². The van der Waals surface area contributed by atoms with Crippen LogP contribution in [0.2, 0.25) is 0 Å². The van der Waals surface area contributed by atoms with E-state index in [4.69, 9.17) is 13.8 Å². The van der Waals surface area contributed by atoms with E-state index < -0.39 is 11.9 Å². The van der Waals surface area contributed by atoms with E-state index in [-0.39, 0.29) is 12.8 Å². The van der Waals surface area contributed by atoms with Crippen molar-refractivity contribution in [3.05, 3.63) is 82.5 Å². The van der Waals surface area contributed by atoms with Gasteiger partial charge >= 0.3 is 31.7 Å². The molecule has 0 radical (unpaired) electrons. The van der Waals surface area contributed by atoms with Crippen LogP contribution in [-0.2, 0) is 29.4 Å². The molecule has 4 N–H and O–H groups in total. The fraction of sp³-hybridized carbons (Fsp3) is 0.235. The van der Waals surface area contributed by atoms with Gasteiger partial charge in [0.1, 0.15) is 0 Å². The van der Waals surface area contributed by atoms with Crippen LogP contribution in [0, 0.1) is 13.8 Å². The molecule has 0 spiro atoms. The number of fused-ring (bicyclic) bond motifs is 8. The maximum atomic E-state index is 11.5. The van der Waals surface area contributed by atoms with Crippen molar-refractivity contribution < 1.29 is 39.6 Å². The van der Waals surface area contributed by atoms with Crippen molar-refractivity contribution in [3.8, 4) is 0 Å². The summed E-state index contributed by atoms with van der Waals surface area (Å²) in [6, 6.07) is 7.88. The summed E-state index contributed by atoms with van der Waals surface area (Å²) < 4.78 is 7.81. The molecular weight excluding hydrogens is 608 g/mol. The van der Waals surface area contributed by atoms with Gasteiger partial charge in [0.05, 0.1) is 22.8 Å². The van der Waals surface area contributed by atoms with Crippen LogP contribution in [-0.4, -0.2) is 42.1 Å². The Bertz CT molecular complexity index is 1940. The minimum atomic E-state index is -0.889. The van der Waals surface area contributed by atoms with Gasteiger partial charge in [-0.05, 0) is 98.2 Å². The van der Waals surface area contributed by atoms with E-state index in [2.05, 4.69) is 45.1 Å². The molecule has 3 aromatic heterocycles. The number of rotatable bonds is 8. The Morgan fingerprint density at radius 2 is 1.07 bits per heavy atom. The standard InChI is InChI=1S/C34H34N4O4.Cu.O/c1-7-21-17(3)25-13-26-19(5)23(9-11-33(39)40)31(37-26)16-32-24(10-12-34(41)42)20(6)28(38-32)15-30-22(8-2)18(4)27(36-30)14-29(21)35-25;;/h7-8,13-16,35-36H,1-2,9-12H2,3-6H3,(H,39,40)(H,41,42);;. The summed E-state index contributed by atoms with van der Waals surface area (Å²) in [4.78, 5) is 40.0. The first kappa shape index (κ1) is 32.3. The topological polar surface area (TPSA) is 149 Å². The third kappa shape index (κ3) is 6.18. The van der Waals surface area contributed by atoms with Crippen LogP contribution in [0.15, 0.2) is 37.4 Å². The van der Waals surface area contributed by atoms with Crippen LogP contribution in [0.25, 0.3) is 56.5 Å². The van der Waals surface area contributed by atoms with Gasteiger partial charge in [-0.1, -0.05) is 25.3 Å². The first-order valence-corrected chi connectivity index (χ1v) is 14.4. The summed E-state index contributed by atoms with van der Waals surface area (Å²) in [6.45, 7) is 16.1. The molecule has 0 saturated heterocycles. The van der Waals surface area contributed by atoms with Crippen LogP contribution in [0.3, 0.4) is 0 Å². The number of H-pyrrole nitrogens is 2. The number of carboxylic acid groups (broad SMARTS) is 2. The van der Waals surface area contributed by atoms with Crippen LogP contribution in [0.1, 0.15) is 84.6 Å². The SMILES string of the molecule is C=Cc1c(C)c2cc3[nH]c(cc4nc(cc5nc(cc1[nH]2)C(C)=C5CCC(=O)O)C(CCC(=O)O)=C4C)c(C)c3C=C.[O]=[Cu]. The molecule has 0 atom stereocenters. The van der Waals surface area contributed by atoms with E-state index >= 15 is 0 Å². The van der Waals surface area contributed by atoms with Crippen molar-refractivity contribution in [2.75, 3.05) is 0 Å². The number of carbonyl (C=O) groups is 2. The Hall–Kier alpha value is -4.66. The molecule has 2 aliphatic rings. The molecular formula is C34H34CuN4O5. The Morgan fingerprint density at radius 3 is 1.48 bits per heavy atom. The van der Waals surface area contributed by atoms with E-state index in [0.29, 0.717) is 24.2 Å². The average molecular weight is 642 g/mol. The Balaban J connectivity index is 0.00000216. The van der Waals surface area contributed by atoms with Gasteiger partial charge < -0.3 is 20.2 Å². The number of aromatic amines is 2. The van der Waals surface area contributed by atoms with Gasteiger partial charge in [0.25, 0.3) is 0 Å². The van der Waals surface area contributed by atoms with Crippen LogP contribution in [0.4, 0.5) is 0 Å². The van der Waals surface area contributed by atoms with E-state index in [1.165, 1.54) is 0 Å². The second kappa shape index (κ2) is 13.3. The summed E-state index contributed by atoms with van der Waals surface area (Å²) in [5.74, 6) is -1.78. The monoisotopic (exact) mass is 641 g/mol. The number of hydrogen-bond donors (Lipinski definition) is 4. The fourth-order valence-electron chi connectivity index (χ4n) is 5.77. The summed E-state index contributed by atoms with van der Waals surface area (Å²) in [5, 5.41) is 18.9. The van der Waals surface area contributed by atoms with Gasteiger partial charge in [-0.25, -0.2) is 9.97 Å². The molecule has 8 bridgehead atoms. The molecule has 44 heavy (non-hydrogen) atoms. The zero-order valence-electron chi connectivity index (χ0n) is 25.0. The zero-order chi connectivity index (χ0) is 32.3. The summed E-state index contributed by atoms with van der Waals surface area (Å²) in [7, 11) is 0. The molecule has 5 heterocycles. The van der Waals surface area contributed by atoms with Gasteiger partial charge in [0.2, 0.25) is 0 Å². The van der Waals surface area contributed by atoms with Crippen molar-refractivity contribution >= 4 is 68.4 Å². The van der Waals surface area contributed by atoms with Crippen molar-refractivity contribution in [3.63, 3.8) is 0 Å². The number of aryl methyl sites for hydroxylation is 2. The number of aliphatic carboxylic acids is 2. The molecule has 9 nitrogen and oxygen atoms in total. The molecule has 0 aliphatic carbocycles. The van der Waals surface area contributed by atoms with Crippen molar-refractivity contribution in [2.45, 2.75) is 53.4 Å². The molecule has 0 aromatic carbocycles. The number of aromatic nitrogens is 4. The third-order valence-corrected chi connectivity index (χ3v) is 8.22. The predicted molar refractivity (Wildman–Crippen MR) is 170 cm³/mol. The van der Waals surface area contributed by atoms with E-state index in [1.54, 1.807) is 0 Å².